The molecule has 2 heterocycles. The van der Waals surface area contributed by atoms with Crippen LogP contribution in [0.1, 0.15) is 27.0 Å². The standard InChI is InChI=1S/C21H11NO6/c22-10-26-16-3-1-2-15-19(16)20(25)28-21(15)13-6-4-11(23)8-17(13)27-18-9-12(24)5-7-14(18)21/h1-9,23-24H. The molecule has 0 radical (unpaired) electrons. The zero-order chi connectivity index (χ0) is 19.5. The van der Waals surface area contributed by atoms with Crippen molar-refractivity contribution in [1.82, 2.24) is 0 Å². The lowest BCUT2D eigenvalue weighted by Gasteiger charge is -2.36. The molecule has 28 heavy (non-hydrogen) atoms. The third-order valence-electron chi connectivity index (χ3n) is 4.92. The van der Waals surface area contributed by atoms with Gasteiger partial charge < -0.3 is 24.4 Å². The summed E-state index contributed by atoms with van der Waals surface area (Å²) in [6.07, 6.45) is 1.58. The highest BCUT2D eigenvalue weighted by Gasteiger charge is 2.54. The molecule has 0 saturated heterocycles. The van der Waals surface area contributed by atoms with Crippen molar-refractivity contribution in [2.24, 2.45) is 0 Å². The average Bonchev–Trinajstić information content (AvgIpc) is 2.96. The number of carbonyl (C=O) groups excluding carboxylic acids is 1. The van der Waals surface area contributed by atoms with Gasteiger partial charge in [-0.2, -0.15) is 0 Å². The molecule has 2 aliphatic heterocycles. The van der Waals surface area contributed by atoms with Crippen LogP contribution in [0.25, 0.3) is 0 Å². The highest BCUT2D eigenvalue weighted by Crippen LogP contribution is 2.57. The van der Waals surface area contributed by atoms with Crippen molar-refractivity contribution >= 4 is 5.97 Å². The van der Waals surface area contributed by atoms with Crippen molar-refractivity contribution in [2.75, 3.05) is 0 Å². The van der Waals surface area contributed by atoms with E-state index in [2.05, 4.69) is 0 Å². The maximum absolute atomic E-state index is 12.8. The molecule has 0 unspecified atom stereocenters. The summed E-state index contributed by atoms with van der Waals surface area (Å²) in [5, 5.41) is 28.7. The minimum absolute atomic E-state index is 0.0244. The van der Waals surface area contributed by atoms with Crippen LogP contribution in [0.15, 0.2) is 54.6 Å². The number of phenols is 2. The molecule has 0 aromatic heterocycles. The molecular formula is C21H11NO6. The molecule has 0 fully saturated rings. The van der Waals surface area contributed by atoms with E-state index < -0.39 is 11.6 Å². The van der Waals surface area contributed by atoms with Crippen LogP contribution in [-0.4, -0.2) is 16.2 Å². The SMILES string of the molecule is N#COc1cccc2c1C(=O)OC21c2ccc(O)cc2Oc2cc(O)ccc21. The summed E-state index contributed by atoms with van der Waals surface area (Å²) < 4.78 is 16.7. The highest BCUT2D eigenvalue weighted by molar-refractivity contribution is 5.99. The second kappa shape index (κ2) is 5.41. The quantitative estimate of drug-likeness (QED) is 0.496. The number of esters is 1. The van der Waals surface area contributed by atoms with Gasteiger partial charge in [0, 0.05) is 28.8 Å². The Kier molecular flexibility index (Phi) is 3.10. The van der Waals surface area contributed by atoms with Gasteiger partial charge in [0.15, 0.2) is 11.4 Å². The van der Waals surface area contributed by atoms with Gasteiger partial charge in [0.1, 0.15) is 28.6 Å². The lowest BCUT2D eigenvalue weighted by atomic mass is 9.77. The van der Waals surface area contributed by atoms with Crippen LogP contribution in [0.5, 0.6) is 28.7 Å². The first-order valence-electron chi connectivity index (χ1n) is 8.32. The largest absolute Gasteiger partial charge is 0.508 e. The van der Waals surface area contributed by atoms with E-state index in [4.69, 9.17) is 19.5 Å². The Morgan fingerprint density at radius 1 is 0.929 bits per heavy atom. The molecular weight excluding hydrogens is 362 g/mol. The lowest BCUT2D eigenvalue weighted by molar-refractivity contribution is 0.0223. The molecule has 5 rings (SSSR count). The van der Waals surface area contributed by atoms with Crippen LogP contribution in [0.4, 0.5) is 0 Å². The van der Waals surface area contributed by atoms with E-state index in [-0.39, 0.29) is 34.3 Å². The summed E-state index contributed by atoms with van der Waals surface area (Å²) in [5.74, 6) is -0.0437. The highest BCUT2D eigenvalue weighted by atomic mass is 16.6. The zero-order valence-electron chi connectivity index (χ0n) is 14.2. The van der Waals surface area contributed by atoms with Gasteiger partial charge in [0.05, 0.1) is 0 Å². The van der Waals surface area contributed by atoms with Crippen molar-refractivity contribution in [3.8, 4) is 35.0 Å². The predicted octanol–water partition coefficient (Wildman–Crippen LogP) is 3.53. The molecule has 0 amide bonds. The van der Waals surface area contributed by atoms with Crippen molar-refractivity contribution in [1.29, 1.82) is 5.26 Å². The molecule has 1 spiro atoms. The van der Waals surface area contributed by atoms with Crippen LogP contribution in [0.3, 0.4) is 0 Å². The minimum atomic E-state index is -1.37. The monoisotopic (exact) mass is 373 g/mol. The normalized spacial score (nSPS) is 14.9. The summed E-state index contributed by atoms with van der Waals surface area (Å²) in [6, 6.07) is 13.9. The number of rotatable bonds is 1. The smallest absolute Gasteiger partial charge is 0.344 e. The minimum Gasteiger partial charge on any atom is -0.508 e. The number of nitriles is 1. The van der Waals surface area contributed by atoms with Crippen LogP contribution in [0, 0.1) is 11.5 Å². The first-order valence-corrected chi connectivity index (χ1v) is 8.32. The second-order valence-electron chi connectivity index (χ2n) is 6.41. The summed E-state index contributed by atoms with van der Waals surface area (Å²) in [6.45, 7) is 0. The lowest BCUT2D eigenvalue weighted by Crippen LogP contribution is -2.32. The topological polar surface area (TPSA) is 109 Å². The number of fused-ring (bicyclic) bond motifs is 6. The number of phenolic OH excluding ortho intramolecular Hbond substituents is 2. The molecule has 0 atom stereocenters. The van der Waals surface area contributed by atoms with E-state index in [1.165, 1.54) is 30.3 Å². The molecule has 3 aromatic rings. The van der Waals surface area contributed by atoms with E-state index >= 15 is 0 Å². The first kappa shape index (κ1) is 16.0. The Morgan fingerprint density at radius 3 is 2.18 bits per heavy atom. The first-order chi connectivity index (χ1) is 13.5. The fourth-order valence-electron chi connectivity index (χ4n) is 3.85. The zero-order valence-corrected chi connectivity index (χ0v) is 14.2. The molecule has 2 aliphatic rings. The van der Waals surface area contributed by atoms with Gasteiger partial charge >= 0.3 is 5.97 Å². The van der Waals surface area contributed by atoms with E-state index in [0.29, 0.717) is 16.7 Å². The molecule has 2 N–H and O–H groups in total. The van der Waals surface area contributed by atoms with Gasteiger partial charge in [-0.3, -0.25) is 0 Å². The van der Waals surface area contributed by atoms with Crippen LogP contribution >= 0.6 is 0 Å². The molecule has 0 bridgehead atoms. The summed E-state index contributed by atoms with van der Waals surface area (Å²) in [5.41, 5.74) is 0.261. The number of aromatic hydroxyl groups is 2. The number of carbonyl (C=O) groups is 1. The van der Waals surface area contributed by atoms with Gasteiger partial charge in [-0.05, 0) is 30.3 Å². The maximum atomic E-state index is 12.8. The molecule has 7 heteroatoms. The van der Waals surface area contributed by atoms with Crippen LogP contribution < -0.4 is 9.47 Å². The Labute approximate surface area is 158 Å². The van der Waals surface area contributed by atoms with Crippen molar-refractivity contribution < 1.29 is 29.2 Å². The van der Waals surface area contributed by atoms with Crippen molar-refractivity contribution in [2.45, 2.75) is 5.60 Å². The van der Waals surface area contributed by atoms with Crippen molar-refractivity contribution in [3.63, 3.8) is 0 Å². The third kappa shape index (κ3) is 1.94. The van der Waals surface area contributed by atoms with Crippen LogP contribution in [-0.2, 0) is 10.3 Å². The van der Waals surface area contributed by atoms with E-state index in [9.17, 15) is 15.0 Å². The van der Waals surface area contributed by atoms with Gasteiger partial charge in [-0.1, -0.05) is 12.1 Å². The second-order valence-corrected chi connectivity index (χ2v) is 6.41. The molecule has 0 saturated carbocycles. The Hall–Kier alpha value is -4.18. The average molecular weight is 373 g/mol. The molecule has 136 valence electrons. The summed E-state index contributed by atoms with van der Waals surface area (Å²) in [7, 11) is 0. The Balaban J connectivity index is 1.89. The number of nitrogens with zero attached hydrogens (tertiary/aromatic N) is 1. The fourth-order valence-corrected chi connectivity index (χ4v) is 3.85. The van der Waals surface area contributed by atoms with E-state index in [0.717, 1.165) is 0 Å². The van der Waals surface area contributed by atoms with Crippen LogP contribution in [0.2, 0.25) is 0 Å². The Bertz CT molecular complexity index is 1160. The summed E-state index contributed by atoms with van der Waals surface area (Å²) in [4.78, 5) is 12.8. The number of benzene rings is 3. The van der Waals surface area contributed by atoms with Gasteiger partial charge in [-0.25, -0.2) is 4.79 Å². The number of ether oxygens (including phenoxy) is 3. The number of hydrogen-bond acceptors (Lipinski definition) is 7. The van der Waals surface area contributed by atoms with Crippen molar-refractivity contribution in [3.05, 3.63) is 76.9 Å². The molecule has 3 aromatic carbocycles. The maximum Gasteiger partial charge on any atom is 0.344 e. The molecule has 0 aliphatic carbocycles. The van der Waals surface area contributed by atoms with E-state index in [1.807, 2.05) is 0 Å². The fraction of sp³-hybridized carbons (Fsp3) is 0.0476. The van der Waals surface area contributed by atoms with E-state index in [1.54, 1.807) is 30.5 Å². The van der Waals surface area contributed by atoms with Gasteiger partial charge in [0.25, 0.3) is 6.26 Å². The Morgan fingerprint density at radius 2 is 1.57 bits per heavy atom. The number of hydrogen-bond donors (Lipinski definition) is 2. The van der Waals surface area contributed by atoms with Gasteiger partial charge in [-0.15, -0.1) is 5.26 Å². The summed E-state index contributed by atoms with van der Waals surface area (Å²) >= 11 is 0. The van der Waals surface area contributed by atoms with Gasteiger partial charge in [0.2, 0.25) is 0 Å². The third-order valence-corrected chi connectivity index (χ3v) is 4.92. The molecule has 7 nitrogen and oxygen atoms in total. The predicted molar refractivity (Wildman–Crippen MR) is 94.3 cm³/mol.